The van der Waals surface area contributed by atoms with E-state index >= 15 is 0 Å². The van der Waals surface area contributed by atoms with Crippen LogP contribution < -0.4 is 0 Å². The fraction of sp³-hybridized carbons (Fsp3) is 0.500. The highest BCUT2D eigenvalue weighted by atomic mass is 79.9. The summed E-state index contributed by atoms with van der Waals surface area (Å²) < 4.78 is 12.6. The van der Waals surface area contributed by atoms with Crippen molar-refractivity contribution < 1.29 is 4.57 Å². The first-order valence-corrected chi connectivity index (χ1v) is 11.2. The SMILES string of the molecule is O=P(CC(Cl)(Cl)Cl)(CC(Cl)(Cl)Cl)N1CC1c1ccccc1Br. The Morgan fingerprint density at radius 2 is 1.59 bits per heavy atom. The third-order valence-electron chi connectivity index (χ3n) is 3.17. The molecule has 1 aliphatic rings. The van der Waals surface area contributed by atoms with Gasteiger partial charge in [0.05, 0.1) is 18.4 Å². The lowest BCUT2D eigenvalue weighted by atomic mass is 10.2. The minimum Gasteiger partial charge on any atom is -0.306 e. The van der Waals surface area contributed by atoms with E-state index in [4.69, 9.17) is 69.6 Å². The predicted octanol–water partition coefficient (Wildman–Crippen LogP) is 6.82. The number of alkyl halides is 6. The van der Waals surface area contributed by atoms with E-state index in [0.29, 0.717) is 6.54 Å². The van der Waals surface area contributed by atoms with Crippen molar-refractivity contribution in [3.05, 3.63) is 34.3 Å². The first-order chi connectivity index (χ1) is 9.91. The van der Waals surface area contributed by atoms with E-state index in [9.17, 15) is 4.57 Å². The molecule has 0 aliphatic carbocycles. The lowest BCUT2D eigenvalue weighted by molar-refractivity contribution is 0.542. The molecule has 10 heteroatoms. The van der Waals surface area contributed by atoms with Crippen LogP contribution in [0.1, 0.15) is 11.6 Å². The molecule has 1 aliphatic heterocycles. The molecule has 0 bridgehead atoms. The Morgan fingerprint density at radius 3 is 2.05 bits per heavy atom. The predicted molar refractivity (Wildman–Crippen MR) is 102 cm³/mol. The molecule has 2 nitrogen and oxygen atoms in total. The van der Waals surface area contributed by atoms with Crippen molar-refractivity contribution in [1.82, 2.24) is 4.67 Å². The maximum atomic E-state index is 13.3. The van der Waals surface area contributed by atoms with Crippen LogP contribution in [0.2, 0.25) is 0 Å². The second-order valence-electron chi connectivity index (χ2n) is 5.05. The summed E-state index contributed by atoms with van der Waals surface area (Å²) in [4.78, 5) is 0. The molecule has 1 aromatic carbocycles. The van der Waals surface area contributed by atoms with Crippen molar-refractivity contribution >= 4 is 92.8 Å². The Labute approximate surface area is 167 Å². The molecule has 22 heavy (non-hydrogen) atoms. The van der Waals surface area contributed by atoms with Crippen molar-refractivity contribution in [2.75, 3.05) is 18.9 Å². The van der Waals surface area contributed by atoms with Crippen LogP contribution in [-0.4, -0.2) is 31.1 Å². The van der Waals surface area contributed by atoms with E-state index in [2.05, 4.69) is 15.9 Å². The summed E-state index contributed by atoms with van der Waals surface area (Å²) in [6.45, 7) is 0.571. The minimum atomic E-state index is -3.14. The molecule has 124 valence electrons. The molecule has 0 N–H and O–H groups in total. The molecular formula is C12H11BrCl6NOP. The second-order valence-corrected chi connectivity index (χ2v) is 13.8. The number of nitrogens with zero attached hydrogens (tertiary/aromatic N) is 1. The van der Waals surface area contributed by atoms with E-state index in [0.717, 1.165) is 10.0 Å². The van der Waals surface area contributed by atoms with E-state index in [1.54, 1.807) is 4.67 Å². The molecular weight excluding hydrogens is 498 g/mol. The van der Waals surface area contributed by atoms with Gasteiger partial charge in [0.15, 0.2) is 14.9 Å². The molecule has 0 saturated carbocycles. The number of hydrogen-bond acceptors (Lipinski definition) is 1. The number of halogens is 7. The van der Waals surface area contributed by atoms with Gasteiger partial charge in [-0.2, -0.15) is 0 Å². The monoisotopic (exact) mass is 505 g/mol. The first kappa shape index (κ1) is 19.9. The van der Waals surface area contributed by atoms with Crippen LogP contribution in [0.25, 0.3) is 0 Å². The van der Waals surface area contributed by atoms with Gasteiger partial charge < -0.3 is 4.57 Å². The summed E-state index contributed by atoms with van der Waals surface area (Å²) in [5, 5.41) is 0. The van der Waals surface area contributed by atoms with Crippen LogP contribution in [0.15, 0.2) is 28.7 Å². The zero-order chi connectivity index (χ0) is 16.8. The molecule has 0 spiro atoms. The standard InChI is InChI=1S/C12H11BrCl6NOP/c13-9-4-2-1-3-8(9)10-5-20(10)22(21,6-11(14,15)16)7-12(17,18)19/h1-4,10H,5-7H2. The molecule has 2 unspecified atom stereocenters. The first-order valence-electron chi connectivity index (χ1n) is 6.14. The van der Waals surface area contributed by atoms with E-state index in [1.807, 2.05) is 24.3 Å². The maximum absolute atomic E-state index is 13.3. The van der Waals surface area contributed by atoms with E-state index in [1.165, 1.54) is 0 Å². The average molecular weight is 509 g/mol. The molecule has 1 saturated heterocycles. The Kier molecular flexibility index (Phi) is 6.43. The molecule has 0 radical (unpaired) electrons. The normalized spacial score (nSPS) is 22.7. The summed E-state index contributed by atoms with van der Waals surface area (Å²) in [5.74, 6) is 0. The molecule has 2 rings (SSSR count). The van der Waals surface area contributed by atoms with Gasteiger partial charge >= 0.3 is 0 Å². The number of benzene rings is 1. The van der Waals surface area contributed by atoms with Gasteiger partial charge in [-0.3, -0.25) is 0 Å². The Bertz CT molecular complexity index is 582. The van der Waals surface area contributed by atoms with Crippen molar-refractivity contribution in [3.8, 4) is 0 Å². The van der Waals surface area contributed by atoms with Gasteiger partial charge in [-0.15, -0.1) is 0 Å². The number of hydrogen-bond donors (Lipinski definition) is 0. The smallest absolute Gasteiger partial charge is 0.198 e. The topological polar surface area (TPSA) is 20.1 Å². The largest absolute Gasteiger partial charge is 0.306 e. The van der Waals surface area contributed by atoms with Crippen LogP contribution in [0.4, 0.5) is 0 Å². The lowest BCUT2D eigenvalue weighted by Gasteiger charge is -2.27. The van der Waals surface area contributed by atoms with E-state index in [-0.39, 0.29) is 18.4 Å². The minimum absolute atomic E-state index is 0.0406. The molecule has 2 atom stereocenters. The zero-order valence-corrected chi connectivity index (χ0v) is 18.0. The van der Waals surface area contributed by atoms with Gasteiger partial charge in [0.25, 0.3) is 0 Å². The van der Waals surface area contributed by atoms with Crippen molar-refractivity contribution in [1.29, 1.82) is 0 Å². The molecule has 1 fully saturated rings. The van der Waals surface area contributed by atoms with Gasteiger partial charge in [-0.1, -0.05) is 104 Å². The van der Waals surface area contributed by atoms with Gasteiger partial charge in [-0.05, 0) is 11.6 Å². The van der Waals surface area contributed by atoms with Crippen molar-refractivity contribution in [2.45, 2.75) is 13.6 Å². The van der Waals surface area contributed by atoms with Crippen LogP contribution in [0.5, 0.6) is 0 Å². The maximum Gasteiger partial charge on any atom is 0.198 e. The number of rotatable bonds is 4. The van der Waals surface area contributed by atoms with Crippen LogP contribution in [0, 0.1) is 0 Å². The summed E-state index contributed by atoms with van der Waals surface area (Å²) in [7, 11) is -3.14. The summed E-state index contributed by atoms with van der Waals surface area (Å²) >= 11 is 38.5. The highest BCUT2D eigenvalue weighted by Gasteiger charge is 2.53. The molecule has 1 aromatic rings. The highest BCUT2D eigenvalue weighted by Crippen LogP contribution is 2.67. The van der Waals surface area contributed by atoms with Gasteiger partial charge in [0.1, 0.15) is 0 Å². The molecule has 1 heterocycles. The molecule has 0 amide bonds. The van der Waals surface area contributed by atoms with Crippen molar-refractivity contribution in [3.63, 3.8) is 0 Å². The van der Waals surface area contributed by atoms with Crippen LogP contribution >= 0.6 is 92.8 Å². The Morgan fingerprint density at radius 1 is 1.09 bits per heavy atom. The van der Waals surface area contributed by atoms with Gasteiger partial charge in [0.2, 0.25) is 0 Å². The van der Waals surface area contributed by atoms with Gasteiger partial charge in [0, 0.05) is 11.0 Å². The second kappa shape index (κ2) is 7.09. The van der Waals surface area contributed by atoms with Crippen LogP contribution in [-0.2, 0) is 4.57 Å². The van der Waals surface area contributed by atoms with Crippen LogP contribution in [0.3, 0.4) is 0 Å². The fourth-order valence-electron chi connectivity index (χ4n) is 2.33. The fourth-order valence-corrected chi connectivity index (χ4v) is 8.93. The van der Waals surface area contributed by atoms with Crippen molar-refractivity contribution in [2.24, 2.45) is 0 Å². The quantitative estimate of drug-likeness (QED) is 0.252. The third kappa shape index (κ3) is 5.58. The molecule has 0 aromatic heterocycles. The highest BCUT2D eigenvalue weighted by molar-refractivity contribution is 9.10. The Balaban J connectivity index is 2.25. The zero-order valence-electron chi connectivity index (χ0n) is 11.0. The summed E-state index contributed by atoms with van der Waals surface area (Å²) in [5.41, 5.74) is 1.01. The van der Waals surface area contributed by atoms with E-state index < -0.39 is 14.9 Å². The summed E-state index contributed by atoms with van der Waals surface area (Å²) in [6, 6.07) is 7.64. The lowest BCUT2D eigenvalue weighted by Crippen LogP contribution is -2.22. The summed E-state index contributed by atoms with van der Waals surface area (Å²) in [6.07, 6.45) is -0.334. The Hall–Kier alpha value is 1.63. The average Bonchev–Trinajstić information content (AvgIpc) is 3.04. The third-order valence-corrected chi connectivity index (χ3v) is 9.13. The van der Waals surface area contributed by atoms with Gasteiger partial charge in [-0.25, -0.2) is 4.67 Å².